The minimum absolute atomic E-state index is 0.157. The highest BCUT2D eigenvalue weighted by atomic mass is 28.5. The van der Waals surface area contributed by atoms with Crippen molar-refractivity contribution >= 4 is 39.7 Å². The molecule has 9 heteroatoms. The van der Waals surface area contributed by atoms with Crippen molar-refractivity contribution in [3.05, 3.63) is 12.2 Å². The molecule has 26 heavy (non-hydrogen) atoms. The van der Waals surface area contributed by atoms with Crippen molar-refractivity contribution in [3.8, 4) is 0 Å². The molecule has 0 saturated carbocycles. The predicted octanol–water partition coefficient (Wildman–Crippen LogP) is 5.38. The Hall–Kier alpha value is -0.0425. The zero-order chi connectivity index (χ0) is 21.1. The Bertz CT molecular complexity index is 462. The van der Waals surface area contributed by atoms with Gasteiger partial charge in [0.25, 0.3) is 0 Å². The van der Waals surface area contributed by atoms with Crippen LogP contribution in [0, 0.1) is 0 Å². The van der Waals surface area contributed by atoms with Gasteiger partial charge in [-0.05, 0) is 72.8 Å². The molecule has 0 rings (SSSR count). The minimum Gasteiger partial charge on any atom is -0.459 e. The van der Waals surface area contributed by atoms with Crippen LogP contribution in [0.3, 0.4) is 0 Å². The molecule has 154 valence electrons. The summed E-state index contributed by atoms with van der Waals surface area (Å²) in [7, 11) is -8.98. The Balaban J connectivity index is 6.03. The van der Waals surface area contributed by atoms with Crippen LogP contribution in [-0.4, -0.2) is 45.8 Å². The van der Waals surface area contributed by atoms with Crippen molar-refractivity contribution < 1.29 is 21.9 Å². The third kappa shape index (κ3) is 9.77. The van der Waals surface area contributed by atoms with Gasteiger partial charge in [0.1, 0.15) is 6.10 Å². The van der Waals surface area contributed by atoms with Crippen molar-refractivity contribution in [2.45, 2.75) is 91.3 Å². The second kappa shape index (κ2) is 8.97. The van der Waals surface area contributed by atoms with Crippen LogP contribution in [0.4, 0.5) is 0 Å². The van der Waals surface area contributed by atoms with Gasteiger partial charge in [0.15, 0.2) is 25.0 Å². The van der Waals surface area contributed by atoms with E-state index >= 15 is 0 Å². The number of hydrogen-bond acceptors (Lipinski definition) is 5. The maximum atomic E-state index is 12.0. The number of hydrogen-bond donors (Lipinski definition) is 0. The summed E-state index contributed by atoms with van der Waals surface area (Å²) in [5, 5.41) is 0. The number of ether oxygens (including phenoxy) is 1. The van der Waals surface area contributed by atoms with Crippen molar-refractivity contribution in [2.75, 3.05) is 0 Å². The Kier molecular flexibility index (Phi) is 8.96. The fourth-order valence-electron chi connectivity index (χ4n) is 2.28. The highest BCUT2D eigenvalue weighted by Crippen LogP contribution is 2.37. The van der Waals surface area contributed by atoms with E-state index in [-0.39, 0.29) is 17.6 Å². The average molecular weight is 437 g/mol. The molecule has 0 heterocycles. The Morgan fingerprint density at radius 2 is 1.08 bits per heavy atom. The van der Waals surface area contributed by atoms with Gasteiger partial charge in [-0.1, -0.05) is 13.5 Å². The van der Waals surface area contributed by atoms with Crippen molar-refractivity contribution in [1.29, 1.82) is 0 Å². The third-order valence-corrected chi connectivity index (χ3v) is 15.6. The first-order valence-corrected chi connectivity index (χ1v) is 21.3. The van der Waals surface area contributed by atoms with Gasteiger partial charge in [0.05, 0.1) is 5.54 Å². The lowest BCUT2D eigenvalue weighted by atomic mass is 10.3. The molecule has 0 aromatic rings. The summed E-state index contributed by atoms with van der Waals surface area (Å²) in [6, 6.07) is 0. The SMILES string of the molecule is C=C(C)C(=O)OC(C)C(C)[Si](O[Si](C)(C)C)(O[Si](C)(C)C)O[Si](C)(C)C. The van der Waals surface area contributed by atoms with Crippen LogP contribution in [-0.2, 0) is 21.9 Å². The highest BCUT2D eigenvalue weighted by molar-refractivity contribution is 6.90. The topological polar surface area (TPSA) is 54.0 Å². The van der Waals surface area contributed by atoms with Gasteiger partial charge in [-0.25, -0.2) is 4.79 Å². The summed E-state index contributed by atoms with van der Waals surface area (Å²) in [4.78, 5) is 12.0. The van der Waals surface area contributed by atoms with E-state index in [1.807, 2.05) is 13.8 Å². The van der Waals surface area contributed by atoms with E-state index in [1.54, 1.807) is 6.92 Å². The van der Waals surface area contributed by atoms with E-state index < -0.39 is 33.8 Å². The van der Waals surface area contributed by atoms with Gasteiger partial charge in [-0.3, -0.25) is 0 Å². The van der Waals surface area contributed by atoms with Gasteiger partial charge >= 0.3 is 14.8 Å². The second-order valence-electron chi connectivity index (χ2n) is 9.93. The summed E-state index contributed by atoms with van der Waals surface area (Å²) >= 11 is 0. The third-order valence-electron chi connectivity index (χ3n) is 3.25. The second-order valence-corrected chi connectivity index (χ2v) is 27.2. The lowest BCUT2D eigenvalue weighted by Crippen LogP contribution is -2.64. The smallest absolute Gasteiger partial charge is 0.459 e. The largest absolute Gasteiger partial charge is 0.476 e. The Morgan fingerprint density at radius 1 is 0.769 bits per heavy atom. The molecule has 0 aromatic carbocycles. The monoisotopic (exact) mass is 436 g/mol. The molecule has 0 aliphatic rings. The van der Waals surface area contributed by atoms with Crippen LogP contribution < -0.4 is 0 Å². The van der Waals surface area contributed by atoms with Crippen molar-refractivity contribution in [2.24, 2.45) is 0 Å². The van der Waals surface area contributed by atoms with E-state index in [1.165, 1.54) is 0 Å². The lowest BCUT2D eigenvalue weighted by Gasteiger charge is -2.46. The first-order chi connectivity index (χ1) is 11.3. The van der Waals surface area contributed by atoms with Crippen LogP contribution in [0.1, 0.15) is 20.8 Å². The van der Waals surface area contributed by atoms with Gasteiger partial charge in [-0.15, -0.1) is 0 Å². The van der Waals surface area contributed by atoms with Crippen LogP contribution in [0.2, 0.25) is 64.5 Å². The van der Waals surface area contributed by atoms with Crippen molar-refractivity contribution in [3.63, 3.8) is 0 Å². The lowest BCUT2D eigenvalue weighted by molar-refractivity contribution is -0.143. The molecule has 0 spiro atoms. The summed E-state index contributed by atoms with van der Waals surface area (Å²) in [6.07, 6.45) is -0.380. The maximum Gasteiger partial charge on any atom is 0.476 e. The maximum absolute atomic E-state index is 12.0. The van der Waals surface area contributed by atoms with Crippen LogP contribution in [0.5, 0.6) is 0 Å². The molecule has 0 aliphatic heterocycles. The number of carbonyl (C=O) groups is 1. The molecule has 0 radical (unpaired) electrons. The molecule has 2 unspecified atom stereocenters. The Labute approximate surface area is 165 Å². The predicted molar refractivity (Wildman–Crippen MR) is 119 cm³/mol. The molecule has 0 saturated heterocycles. The molecule has 0 fully saturated rings. The van der Waals surface area contributed by atoms with E-state index in [4.69, 9.17) is 17.1 Å². The fourth-order valence-corrected chi connectivity index (χ4v) is 17.0. The van der Waals surface area contributed by atoms with Crippen LogP contribution in [0.15, 0.2) is 12.2 Å². The first-order valence-electron chi connectivity index (χ1n) is 9.25. The van der Waals surface area contributed by atoms with Crippen LogP contribution in [0.25, 0.3) is 0 Å². The van der Waals surface area contributed by atoms with E-state index in [0.717, 1.165) is 0 Å². The minimum atomic E-state index is -3.09. The molecule has 2 atom stereocenters. The Morgan fingerprint density at radius 3 is 1.31 bits per heavy atom. The summed E-state index contributed by atoms with van der Waals surface area (Å²) < 4.78 is 25.7. The van der Waals surface area contributed by atoms with Crippen LogP contribution >= 0.6 is 0 Å². The number of carbonyl (C=O) groups excluding carboxylic acids is 1. The van der Waals surface area contributed by atoms with E-state index in [2.05, 4.69) is 65.5 Å². The molecule has 0 aliphatic carbocycles. The zero-order valence-corrected chi connectivity index (χ0v) is 22.9. The quantitative estimate of drug-likeness (QED) is 0.261. The van der Waals surface area contributed by atoms with E-state index in [0.29, 0.717) is 5.57 Å². The van der Waals surface area contributed by atoms with Gasteiger partial charge in [0, 0.05) is 5.57 Å². The molecular formula is C17H40O5Si4. The first kappa shape index (κ1) is 26.0. The van der Waals surface area contributed by atoms with Gasteiger partial charge in [0.2, 0.25) is 0 Å². The molecule has 5 nitrogen and oxygen atoms in total. The molecule has 0 N–H and O–H groups in total. The van der Waals surface area contributed by atoms with Crippen molar-refractivity contribution in [1.82, 2.24) is 0 Å². The van der Waals surface area contributed by atoms with E-state index in [9.17, 15) is 4.79 Å². The summed E-state index contributed by atoms with van der Waals surface area (Å²) in [6.45, 7) is 28.6. The normalized spacial score (nSPS) is 16.2. The average Bonchev–Trinajstić information content (AvgIpc) is 2.30. The summed E-state index contributed by atoms with van der Waals surface area (Å²) in [5.41, 5.74) is 0.232. The molecule has 0 amide bonds. The standard InChI is InChI=1S/C17H40O5Si4/c1-14(2)17(18)19-15(3)16(4)26(20-23(5,6)7,21-24(8,9)10)22-25(11,12)13/h15-16H,1H2,2-13H3. The molecule has 0 aromatic heterocycles. The zero-order valence-electron chi connectivity index (χ0n) is 18.9. The molecular weight excluding hydrogens is 397 g/mol. The van der Waals surface area contributed by atoms with Gasteiger partial charge < -0.3 is 17.1 Å². The highest BCUT2D eigenvalue weighted by Gasteiger charge is 2.56. The molecule has 0 bridgehead atoms. The number of esters is 1. The number of rotatable bonds is 10. The summed E-state index contributed by atoms with van der Waals surface area (Å²) in [5.74, 6) is -0.388. The van der Waals surface area contributed by atoms with Gasteiger partial charge in [-0.2, -0.15) is 0 Å². The fraction of sp³-hybridized carbons (Fsp3) is 0.824.